The van der Waals surface area contributed by atoms with Crippen molar-refractivity contribution in [2.24, 2.45) is 0 Å². The van der Waals surface area contributed by atoms with Crippen molar-refractivity contribution in [3.05, 3.63) is 39.6 Å². The number of nitrogens with zero attached hydrogens (tertiary/aromatic N) is 2. The third kappa shape index (κ3) is 4.34. The van der Waals surface area contributed by atoms with Crippen molar-refractivity contribution in [3.8, 4) is 0 Å². The Morgan fingerprint density at radius 1 is 1.37 bits per heavy atom. The molecule has 0 atom stereocenters. The van der Waals surface area contributed by atoms with Crippen LogP contribution in [0.2, 0.25) is 5.02 Å². The number of halogens is 2. The van der Waals surface area contributed by atoms with Gasteiger partial charge >= 0.3 is 6.03 Å². The minimum atomic E-state index is -0.508. The van der Waals surface area contributed by atoms with Crippen molar-refractivity contribution >= 4 is 39.8 Å². The number of nitrogens with one attached hydrogen (secondary N) is 2. The van der Waals surface area contributed by atoms with Gasteiger partial charge < -0.3 is 20.3 Å². The van der Waals surface area contributed by atoms with Crippen LogP contribution in [-0.2, 0) is 17.7 Å². The van der Waals surface area contributed by atoms with E-state index in [9.17, 15) is 9.18 Å². The fourth-order valence-electron chi connectivity index (χ4n) is 3.22. The van der Waals surface area contributed by atoms with Gasteiger partial charge in [0.15, 0.2) is 5.13 Å². The Hall–Kier alpha value is -1.90. The molecule has 0 unspecified atom stereocenters. The quantitative estimate of drug-likeness (QED) is 0.798. The van der Waals surface area contributed by atoms with E-state index in [1.54, 1.807) is 16.2 Å². The number of thiazole rings is 1. The molecule has 0 radical (unpaired) electrons. The molecule has 27 heavy (non-hydrogen) atoms. The summed E-state index contributed by atoms with van der Waals surface area (Å²) < 4.78 is 18.6. The summed E-state index contributed by atoms with van der Waals surface area (Å²) in [5.41, 5.74) is 1.53. The predicted octanol–water partition coefficient (Wildman–Crippen LogP) is 4.12. The van der Waals surface area contributed by atoms with Gasteiger partial charge in [0.1, 0.15) is 5.82 Å². The first-order valence-corrected chi connectivity index (χ1v) is 10.1. The van der Waals surface area contributed by atoms with Crippen molar-refractivity contribution in [1.29, 1.82) is 0 Å². The molecular formula is C18H20ClFN4O2S. The molecule has 9 heteroatoms. The Bertz CT molecular complexity index is 841. The van der Waals surface area contributed by atoms with Gasteiger partial charge in [-0.05, 0) is 31.0 Å². The number of hydrogen-bond acceptors (Lipinski definition) is 5. The highest BCUT2D eigenvalue weighted by Gasteiger charge is 2.25. The number of urea groups is 1. The summed E-state index contributed by atoms with van der Waals surface area (Å²) in [6.45, 7) is 2.67. The first-order valence-electron chi connectivity index (χ1n) is 8.92. The van der Waals surface area contributed by atoms with Crippen LogP contribution in [0.4, 0.5) is 20.0 Å². The van der Waals surface area contributed by atoms with Crippen molar-refractivity contribution in [3.63, 3.8) is 0 Å². The summed E-state index contributed by atoms with van der Waals surface area (Å²) in [7, 11) is 0. The molecule has 2 aliphatic rings. The van der Waals surface area contributed by atoms with Crippen LogP contribution in [0.25, 0.3) is 0 Å². The first-order chi connectivity index (χ1) is 13.1. The summed E-state index contributed by atoms with van der Waals surface area (Å²) >= 11 is 7.38. The van der Waals surface area contributed by atoms with Crippen LogP contribution in [0.15, 0.2) is 18.2 Å². The fraction of sp³-hybridized carbons (Fsp3) is 0.444. The molecule has 0 bridgehead atoms. The normalized spacial score (nSPS) is 17.5. The second-order valence-electron chi connectivity index (χ2n) is 6.65. The number of anilines is 2. The molecule has 4 rings (SSSR count). The zero-order valence-electron chi connectivity index (χ0n) is 14.6. The van der Waals surface area contributed by atoms with E-state index in [1.807, 2.05) is 0 Å². The molecule has 0 aliphatic carbocycles. The molecule has 1 aromatic heterocycles. The highest BCUT2D eigenvalue weighted by atomic mass is 35.5. The topological polar surface area (TPSA) is 66.5 Å². The Morgan fingerprint density at radius 3 is 2.96 bits per heavy atom. The second-order valence-corrected chi connectivity index (χ2v) is 8.14. The zero-order valence-corrected chi connectivity index (χ0v) is 16.2. The number of carbonyl (C=O) groups excluding carboxylic acids is 1. The van der Waals surface area contributed by atoms with E-state index in [0.717, 1.165) is 48.2 Å². The summed E-state index contributed by atoms with van der Waals surface area (Å²) in [6, 6.07) is 4.32. The van der Waals surface area contributed by atoms with Gasteiger partial charge in [-0.2, -0.15) is 0 Å². The Labute approximate surface area is 165 Å². The van der Waals surface area contributed by atoms with Gasteiger partial charge in [0, 0.05) is 42.8 Å². The lowest BCUT2D eigenvalue weighted by Gasteiger charge is -2.26. The Morgan fingerprint density at radius 2 is 2.19 bits per heavy atom. The molecule has 144 valence electrons. The van der Waals surface area contributed by atoms with Crippen LogP contribution < -0.4 is 10.6 Å². The van der Waals surface area contributed by atoms with Crippen LogP contribution >= 0.6 is 22.9 Å². The standard InChI is InChI=1S/C18H20ClFN4O2S/c19-13-9-12(1-2-14(13)20)22-18(25)24-6-3-15-16(10-24)27-17(23-15)21-11-4-7-26-8-5-11/h1-2,9,11H,3-8,10H2,(H,21,23)(H,22,25). The minimum absolute atomic E-state index is 0.0139. The van der Waals surface area contributed by atoms with E-state index in [-0.39, 0.29) is 11.1 Å². The van der Waals surface area contributed by atoms with E-state index >= 15 is 0 Å². The molecular weight excluding hydrogens is 391 g/mol. The van der Waals surface area contributed by atoms with Crippen molar-refractivity contribution < 1.29 is 13.9 Å². The van der Waals surface area contributed by atoms with Crippen molar-refractivity contribution in [2.75, 3.05) is 30.4 Å². The second kappa shape index (κ2) is 8.00. The molecule has 2 N–H and O–H groups in total. The van der Waals surface area contributed by atoms with Gasteiger partial charge in [0.05, 0.1) is 17.3 Å². The molecule has 0 saturated carbocycles. The average Bonchev–Trinajstić information content (AvgIpc) is 3.07. The maximum absolute atomic E-state index is 13.3. The van der Waals surface area contributed by atoms with E-state index in [2.05, 4.69) is 10.6 Å². The summed E-state index contributed by atoms with van der Waals surface area (Å²) in [5, 5.41) is 7.17. The number of aromatic nitrogens is 1. The lowest BCUT2D eigenvalue weighted by molar-refractivity contribution is 0.0904. The third-order valence-electron chi connectivity index (χ3n) is 4.74. The highest BCUT2D eigenvalue weighted by Crippen LogP contribution is 2.30. The van der Waals surface area contributed by atoms with Crippen molar-refractivity contribution in [2.45, 2.75) is 31.8 Å². The van der Waals surface area contributed by atoms with Crippen LogP contribution in [0.5, 0.6) is 0 Å². The Kier molecular flexibility index (Phi) is 5.47. The van der Waals surface area contributed by atoms with Gasteiger partial charge in [-0.1, -0.05) is 22.9 Å². The Balaban J connectivity index is 1.38. The largest absolute Gasteiger partial charge is 0.381 e. The number of benzene rings is 1. The molecule has 1 fully saturated rings. The van der Waals surface area contributed by atoms with Gasteiger partial charge in [-0.15, -0.1) is 0 Å². The molecule has 1 saturated heterocycles. The molecule has 1 aromatic carbocycles. The van der Waals surface area contributed by atoms with Crippen LogP contribution in [-0.4, -0.2) is 41.7 Å². The van der Waals surface area contributed by atoms with E-state index in [0.29, 0.717) is 24.8 Å². The number of ether oxygens (including phenoxy) is 1. The minimum Gasteiger partial charge on any atom is -0.381 e. The molecule has 6 nitrogen and oxygen atoms in total. The molecule has 2 aromatic rings. The maximum atomic E-state index is 13.3. The number of rotatable bonds is 3. The first kappa shape index (κ1) is 18.5. The summed E-state index contributed by atoms with van der Waals surface area (Å²) in [5.74, 6) is -0.508. The SMILES string of the molecule is O=C(Nc1ccc(F)c(Cl)c1)N1CCc2nc(NC3CCOCC3)sc2C1. The van der Waals surface area contributed by atoms with Gasteiger partial charge in [0.25, 0.3) is 0 Å². The lowest BCUT2D eigenvalue weighted by Crippen LogP contribution is -2.38. The summed E-state index contributed by atoms with van der Waals surface area (Å²) in [4.78, 5) is 20.1. The van der Waals surface area contributed by atoms with E-state index in [1.165, 1.54) is 18.2 Å². The van der Waals surface area contributed by atoms with E-state index < -0.39 is 5.82 Å². The molecule has 2 amide bonds. The number of hydrogen-bond donors (Lipinski definition) is 2. The molecule has 2 aliphatic heterocycles. The van der Waals surface area contributed by atoms with Gasteiger partial charge in [-0.3, -0.25) is 0 Å². The van der Waals surface area contributed by atoms with Crippen molar-refractivity contribution in [1.82, 2.24) is 9.88 Å². The number of fused-ring (bicyclic) bond motifs is 1. The molecule has 0 spiro atoms. The predicted molar refractivity (Wildman–Crippen MR) is 104 cm³/mol. The van der Waals surface area contributed by atoms with Crippen LogP contribution in [0.3, 0.4) is 0 Å². The fourth-order valence-corrected chi connectivity index (χ4v) is 4.50. The number of amides is 2. The average molecular weight is 411 g/mol. The van der Waals surface area contributed by atoms with E-state index in [4.69, 9.17) is 21.3 Å². The van der Waals surface area contributed by atoms with Gasteiger partial charge in [0.2, 0.25) is 0 Å². The maximum Gasteiger partial charge on any atom is 0.322 e. The van der Waals surface area contributed by atoms with Crippen LogP contribution in [0.1, 0.15) is 23.4 Å². The monoisotopic (exact) mass is 410 g/mol. The summed E-state index contributed by atoms with van der Waals surface area (Å²) in [6.07, 6.45) is 2.69. The third-order valence-corrected chi connectivity index (χ3v) is 6.04. The van der Waals surface area contributed by atoms with Gasteiger partial charge in [-0.25, -0.2) is 14.2 Å². The highest BCUT2D eigenvalue weighted by molar-refractivity contribution is 7.15. The van der Waals surface area contributed by atoms with Crippen LogP contribution in [0, 0.1) is 5.82 Å². The smallest absolute Gasteiger partial charge is 0.322 e. The molecule has 3 heterocycles. The zero-order chi connectivity index (χ0) is 18.8. The number of carbonyl (C=O) groups is 1. The lowest BCUT2D eigenvalue weighted by atomic mass is 10.1.